The van der Waals surface area contributed by atoms with E-state index < -0.39 is 16.9 Å². The van der Waals surface area contributed by atoms with E-state index in [-0.39, 0.29) is 11.6 Å². The second-order valence-corrected chi connectivity index (χ2v) is 9.05. The number of methoxy groups -OCH3 is 3. The lowest BCUT2D eigenvalue weighted by molar-refractivity contribution is 0.0528. The van der Waals surface area contributed by atoms with E-state index in [0.717, 1.165) is 30.4 Å². The molecular formula is C24H29ClN2O7. The maximum Gasteiger partial charge on any atom is 0.341 e. The fraction of sp³-hybridized carbons (Fsp3) is 0.500. The normalized spacial score (nSPS) is 17.8. The summed E-state index contributed by atoms with van der Waals surface area (Å²) in [5.74, 6) is -0.714. The fourth-order valence-corrected chi connectivity index (χ4v) is 5.34. The SMILES string of the molecule is COCCCOc1cc2c(cc1Cl)-c1cc(=O)c(C(=O)O)cn1N1[C@@H]2CCC1(COC)COC. The fourth-order valence-electron chi connectivity index (χ4n) is 5.12. The van der Waals surface area contributed by atoms with Crippen LogP contribution in [0.5, 0.6) is 5.75 Å². The van der Waals surface area contributed by atoms with Crippen molar-refractivity contribution in [3.63, 3.8) is 0 Å². The number of nitrogens with zero attached hydrogens (tertiary/aromatic N) is 2. The lowest BCUT2D eigenvalue weighted by Gasteiger charge is -2.47. The summed E-state index contributed by atoms with van der Waals surface area (Å²) in [5.41, 5.74) is 0.878. The van der Waals surface area contributed by atoms with Crippen molar-refractivity contribution in [1.29, 1.82) is 0 Å². The summed E-state index contributed by atoms with van der Waals surface area (Å²) in [6.45, 7) is 1.77. The molecule has 0 unspecified atom stereocenters. The maximum absolute atomic E-state index is 12.7. The minimum atomic E-state index is -1.27. The number of hydrogen-bond acceptors (Lipinski definition) is 7. The van der Waals surface area contributed by atoms with Crippen LogP contribution in [0.3, 0.4) is 0 Å². The number of carbonyl (C=O) groups is 1. The van der Waals surface area contributed by atoms with Crippen LogP contribution in [0, 0.1) is 0 Å². The molecule has 0 aliphatic carbocycles. The summed E-state index contributed by atoms with van der Waals surface area (Å²) in [6, 6.07) is 4.96. The van der Waals surface area contributed by atoms with E-state index in [4.69, 9.17) is 30.5 Å². The van der Waals surface area contributed by atoms with Gasteiger partial charge >= 0.3 is 5.97 Å². The summed E-state index contributed by atoms with van der Waals surface area (Å²) in [5, 5.41) is 12.1. The van der Waals surface area contributed by atoms with Crippen molar-refractivity contribution in [2.75, 3.05) is 52.8 Å². The molecule has 0 spiro atoms. The van der Waals surface area contributed by atoms with E-state index in [2.05, 4.69) is 5.01 Å². The van der Waals surface area contributed by atoms with Gasteiger partial charge in [0, 0.05) is 52.2 Å². The van der Waals surface area contributed by atoms with E-state index in [1.165, 1.54) is 12.3 Å². The molecule has 1 aromatic carbocycles. The number of carboxylic acids is 1. The van der Waals surface area contributed by atoms with Gasteiger partial charge in [0.15, 0.2) is 5.43 Å². The number of pyridine rings is 1. The van der Waals surface area contributed by atoms with Gasteiger partial charge in [0.2, 0.25) is 0 Å². The molecule has 0 amide bonds. The van der Waals surface area contributed by atoms with Crippen LogP contribution < -0.4 is 15.2 Å². The molecule has 1 fully saturated rings. The highest BCUT2D eigenvalue weighted by Crippen LogP contribution is 2.50. The molecule has 1 saturated heterocycles. The van der Waals surface area contributed by atoms with Crippen molar-refractivity contribution < 1.29 is 28.8 Å². The summed E-state index contributed by atoms with van der Waals surface area (Å²) < 4.78 is 24.0. The van der Waals surface area contributed by atoms with Gasteiger partial charge in [0.25, 0.3) is 0 Å². The van der Waals surface area contributed by atoms with Crippen molar-refractivity contribution in [2.45, 2.75) is 30.8 Å². The summed E-state index contributed by atoms with van der Waals surface area (Å²) in [4.78, 5) is 24.4. The van der Waals surface area contributed by atoms with Gasteiger partial charge in [-0.15, -0.1) is 0 Å². The number of ether oxygens (including phenoxy) is 4. The minimum absolute atomic E-state index is 0.115. The Kier molecular flexibility index (Phi) is 7.18. The number of benzene rings is 1. The Morgan fingerprint density at radius 3 is 2.53 bits per heavy atom. The molecule has 2 aliphatic heterocycles. The molecule has 3 heterocycles. The molecule has 34 heavy (non-hydrogen) atoms. The van der Waals surface area contributed by atoms with E-state index >= 15 is 0 Å². The van der Waals surface area contributed by atoms with Gasteiger partial charge in [0.05, 0.1) is 36.6 Å². The third-order valence-corrected chi connectivity index (χ3v) is 6.77. The Hall–Kier alpha value is -2.59. The third-order valence-electron chi connectivity index (χ3n) is 6.47. The van der Waals surface area contributed by atoms with Crippen molar-refractivity contribution in [3.8, 4) is 17.0 Å². The minimum Gasteiger partial charge on any atom is -0.492 e. The molecule has 0 radical (unpaired) electrons. The third kappa shape index (κ3) is 4.17. The predicted octanol–water partition coefficient (Wildman–Crippen LogP) is 3.10. The predicted molar refractivity (Wildman–Crippen MR) is 127 cm³/mol. The van der Waals surface area contributed by atoms with Crippen LogP contribution in [-0.2, 0) is 14.2 Å². The number of aromatic nitrogens is 1. The summed E-state index contributed by atoms with van der Waals surface area (Å²) in [6.07, 6.45) is 3.64. The Labute approximate surface area is 202 Å². The molecule has 2 aliphatic rings. The largest absolute Gasteiger partial charge is 0.492 e. The second-order valence-electron chi connectivity index (χ2n) is 8.64. The van der Waals surface area contributed by atoms with E-state index in [9.17, 15) is 14.7 Å². The van der Waals surface area contributed by atoms with Gasteiger partial charge in [-0.05, 0) is 30.5 Å². The molecule has 1 aromatic heterocycles. The van der Waals surface area contributed by atoms with Crippen LogP contribution >= 0.6 is 11.6 Å². The number of hydrogen-bond donors (Lipinski definition) is 1. The molecule has 2 aromatic rings. The zero-order valence-electron chi connectivity index (χ0n) is 19.5. The molecule has 10 heteroatoms. The van der Waals surface area contributed by atoms with Gasteiger partial charge < -0.3 is 24.1 Å². The molecule has 9 nitrogen and oxygen atoms in total. The van der Waals surface area contributed by atoms with Gasteiger partial charge in [-0.3, -0.25) is 14.5 Å². The first kappa shape index (κ1) is 24.5. The smallest absolute Gasteiger partial charge is 0.341 e. The highest BCUT2D eigenvalue weighted by Gasteiger charge is 2.51. The first-order valence-electron chi connectivity index (χ1n) is 11.1. The molecule has 184 valence electrons. The number of fused-ring (bicyclic) bond motifs is 6. The quantitative estimate of drug-likeness (QED) is 0.505. The van der Waals surface area contributed by atoms with Crippen molar-refractivity contribution in [2.24, 2.45) is 0 Å². The highest BCUT2D eigenvalue weighted by molar-refractivity contribution is 6.32. The van der Waals surface area contributed by atoms with Crippen LogP contribution in [0.25, 0.3) is 11.3 Å². The zero-order valence-corrected chi connectivity index (χ0v) is 20.3. The molecular weight excluding hydrogens is 464 g/mol. The average molecular weight is 493 g/mol. The van der Waals surface area contributed by atoms with Crippen molar-refractivity contribution in [3.05, 3.63) is 50.8 Å². The average Bonchev–Trinajstić information content (AvgIpc) is 3.16. The van der Waals surface area contributed by atoms with Crippen LogP contribution in [-0.4, -0.2) is 69.0 Å². The Morgan fingerprint density at radius 2 is 1.88 bits per heavy atom. The Balaban J connectivity index is 1.89. The van der Waals surface area contributed by atoms with Crippen LogP contribution in [0.2, 0.25) is 5.02 Å². The first-order valence-corrected chi connectivity index (χ1v) is 11.5. The highest BCUT2D eigenvalue weighted by atomic mass is 35.5. The Bertz CT molecular complexity index is 1130. The van der Waals surface area contributed by atoms with E-state index in [0.29, 0.717) is 42.9 Å². The molecule has 1 atom stereocenters. The first-order chi connectivity index (χ1) is 16.4. The topological polar surface area (TPSA) is 99.5 Å². The maximum atomic E-state index is 12.7. The monoisotopic (exact) mass is 492 g/mol. The van der Waals surface area contributed by atoms with Gasteiger partial charge in [-0.1, -0.05) is 11.6 Å². The number of rotatable bonds is 10. The van der Waals surface area contributed by atoms with Crippen LogP contribution in [0.1, 0.15) is 41.2 Å². The lowest BCUT2D eigenvalue weighted by atomic mass is 9.94. The summed E-state index contributed by atoms with van der Waals surface area (Å²) >= 11 is 6.57. The van der Waals surface area contributed by atoms with Gasteiger partial charge in [0.1, 0.15) is 16.9 Å². The van der Waals surface area contributed by atoms with Crippen LogP contribution in [0.15, 0.2) is 29.2 Å². The standard InChI is InChI=1S/C24H29ClN2O7/c1-31-7-4-8-34-22-10-16-15(9-18(22)25)20-11-21(28)17(23(29)30)12-26(20)27-19(16)5-6-24(27,13-32-2)14-33-3/h9-12,19H,4-8,13-14H2,1-3H3,(H,29,30)/t19-/m1/s1. The second kappa shape index (κ2) is 9.95. The van der Waals surface area contributed by atoms with E-state index in [1.54, 1.807) is 32.1 Å². The van der Waals surface area contributed by atoms with Gasteiger partial charge in [-0.25, -0.2) is 4.79 Å². The van der Waals surface area contributed by atoms with Crippen LogP contribution in [0.4, 0.5) is 0 Å². The molecule has 0 saturated carbocycles. The van der Waals surface area contributed by atoms with Crippen molar-refractivity contribution >= 4 is 17.6 Å². The lowest BCUT2D eigenvalue weighted by Crippen LogP contribution is -2.58. The zero-order chi connectivity index (χ0) is 24.5. The number of halogens is 1. The Morgan fingerprint density at radius 1 is 1.15 bits per heavy atom. The van der Waals surface area contributed by atoms with Crippen molar-refractivity contribution in [1.82, 2.24) is 4.68 Å². The van der Waals surface area contributed by atoms with Gasteiger partial charge in [-0.2, -0.15) is 0 Å². The summed E-state index contributed by atoms with van der Waals surface area (Å²) in [7, 11) is 4.90. The molecule has 0 bridgehead atoms. The number of aromatic carboxylic acids is 1. The molecule has 4 rings (SSSR count). The molecule has 1 N–H and O–H groups in total. The number of carboxylic acid groups (broad SMARTS) is 1. The van der Waals surface area contributed by atoms with E-state index in [1.807, 2.05) is 6.07 Å².